The maximum Gasteiger partial charge on any atom is 0.128 e. The van der Waals surface area contributed by atoms with E-state index in [1.54, 1.807) is 12.3 Å². The van der Waals surface area contributed by atoms with Crippen molar-refractivity contribution in [2.45, 2.75) is 6.17 Å². The minimum atomic E-state index is -0.119. The summed E-state index contributed by atoms with van der Waals surface area (Å²) in [6, 6.07) is 0. The van der Waals surface area contributed by atoms with Crippen LogP contribution in [0.1, 0.15) is 0 Å². The first-order valence-corrected chi connectivity index (χ1v) is 3.13. The molecule has 54 valence electrons. The minimum absolute atomic E-state index is 0.119. The smallest absolute Gasteiger partial charge is 0.128 e. The van der Waals surface area contributed by atoms with Crippen molar-refractivity contribution < 1.29 is 0 Å². The molecule has 1 unspecified atom stereocenters. The van der Waals surface area contributed by atoms with Gasteiger partial charge in [-0.05, 0) is 12.3 Å². The van der Waals surface area contributed by atoms with Gasteiger partial charge in [0.05, 0.1) is 6.54 Å². The van der Waals surface area contributed by atoms with Crippen LogP contribution in [-0.4, -0.2) is 23.4 Å². The van der Waals surface area contributed by atoms with Gasteiger partial charge in [-0.2, -0.15) is 0 Å². The Bertz CT molecular complexity index is 183. The summed E-state index contributed by atoms with van der Waals surface area (Å²) in [4.78, 5) is 5.96. The Morgan fingerprint density at radius 2 is 2.40 bits per heavy atom. The molecular formula is C7H11N3. The van der Waals surface area contributed by atoms with Crippen LogP contribution >= 0.6 is 0 Å². The third-order valence-electron chi connectivity index (χ3n) is 1.38. The van der Waals surface area contributed by atoms with E-state index in [1.165, 1.54) is 0 Å². The lowest BCUT2D eigenvalue weighted by molar-refractivity contribution is 0.549. The van der Waals surface area contributed by atoms with Crippen molar-refractivity contribution in [3.05, 3.63) is 25.4 Å². The Hall–Kier alpha value is -1.09. The fourth-order valence-corrected chi connectivity index (χ4v) is 0.918. The van der Waals surface area contributed by atoms with Crippen LogP contribution in [0.3, 0.4) is 0 Å². The number of rotatable bonds is 2. The molecular weight excluding hydrogens is 126 g/mol. The summed E-state index contributed by atoms with van der Waals surface area (Å²) in [5, 5.41) is 0. The van der Waals surface area contributed by atoms with Crippen LogP contribution in [0.4, 0.5) is 0 Å². The molecule has 0 aliphatic carbocycles. The largest absolute Gasteiger partial charge is 0.330 e. The van der Waals surface area contributed by atoms with E-state index < -0.39 is 0 Å². The van der Waals surface area contributed by atoms with Crippen LogP contribution in [0.5, 0.6) is 0 Å². The summed E-state index contributed by atoms with van der Waals surface area (Å²) >= 11 is 0. The summed E-state index contributed by atoms with van der Waals surface area (Å²) < 4.78 is 0. The molecule has 1 atom stereocenters. The lowest BCUT2D eigenvalue weighted by Gasteiger charge is -2.10. The average Bonchev–Trinajstić information content (AvgIpc) is 2.30. The molecule has 0 fully saturated rings. The van der Waals surface area contributed by atoms with Gasteiger partial charge in [0.2, 0.25) is 0 Å². The molecule has 0 saturated carbocycles. The molecule has 0 radical (unpaired) electrons. The standard InChI is InChI=1S/C7H11N3/c1-3-7-9-6(8)5-10(7)4-2/h3-4,6H,1-2,5,8H2. The second-order valence-electron chi connectivity index (χ2n) is 2.09. The molecule has 1 rings (SSSR count). The third kappa shape index (κ3) is 1.09. The van der Waals surface area contributed by atoms with E-state index >= 15 is 0 Å². The molecule has 0 aromatic heterocycles. The Kier molecular flexibility index (Phi) is 1.87. The first-order chi connectivity index (χ1) is 4.77. The predicted molar refractivity (Wildman–Crippen MR) is 42.5 cm³/mol. The highest BCUT2D eigenvalue weighted by molar-refractivity contribution is 5.94. The molecule has 0 amide bonds. The van der Waals surface area contributed by atoms with Gasteiger partial charge in [0, 0.05) is 0 Å². The zero-order valence-electron chi connectivity index (χ0n) is 5.83. The van der Waals surface area contributed by atoms with Gasteiger partial charge in [-0.1, -0.05) is 13.2 Å². The van der Waals surface area contributed by atoms with Crippen molar-refractivity contribution in [3.8, 4) is 0 Å². The van der Waals surface area contributed by atoms with Crippen molar-refractivity contribution in [2.75, 3.05) is 6.54 Å². The topological polar surface area (TPSA) is 41.6 Å². The quantitative estimate of drug-likeness (QED) is 0.595. The lowest BCUT2D eigenvalue weighted by atomic mass is 10.5. The highest BCUT2D eigenvalue weighted by Gasteiger charge is 2.16. The molecule has 1 aliphatic heterocycles. The number of amidine groups is 1. The summed E-state index contributed by atoms with van der Waals surface area (Å²) in [6.07, 6.45) is 3.26. The number of hydrogen-bond donors (Lipinski definition) is 1. The predicted octanol–water partition coefficient (Wildman–Crippen LogP) is 0.315. The second kappa shape index (κ2) is 2.66. The Balaban J connectivity index is 2.74. The van der Waals surface area contributed by atoms with Crippen LogP contribution in [-0.2, 0) is 0 Å². The first-order valence-electron chi connectivity index (χ1n) is 3.13. The van der Waals surface area contributed by atoms with Gasteiger partial charge >= 0.3 is 0 Å². The highest BCUT2D eigenvalue weighted by Crippen LogP contribution is 2.05. The molecule has 1 heterocycles. The zero-order chi connectivity index (χ0) is 7.56. The van der Waals surface area contributed by atoms with Gasteiger partial charge in [-0.15, -0.1) is 0 Å². The summed E-state index contributed by atoms with van der Waals surface area (Å²) in [5.41, 5.74) is 5.54. The van der Waals surface area contributed by atoms with Gasteiger partial charge in [0.25, 0.3) is 0 Å². The van der Waals surface area contributed by atoms with Crippen LogP contribution < -0.4 is 5.73 Å². The monoisotopic (exact) mass is 137 g/mol. The average molecular weight is 137 g/mol. The third-order valence-corrected chi connectivity index (χ3v) is 1.38. The van der Waals surface area contributed by atoms with E-state index in [0.717, 1.165) is 5.84 Å². The Labute approximate surface area is 60.5 Å². The van der Waals surface area contributed by atoms with Gasteiger partial charge in [0.1, 0.15) is 12.0 Å². The van der Waals surface area contributed by atoms with E-state index in [0.29, 0.717) is 6.54 Å². The van der Waals surface area contributed by atoms with Crippen LogP contribution in [0.15, 0.2) is 30.4 Å². The maximum atomic E-state index is 5.54. The molecule has 0 saturated heterocycles. The van der Waals surface area contributed by atoms with Crippen molar-refractivity contribution in [3.63, 3.8) is 0 Å². The number of aliphatic imine (C=N–C) groups is 1. The number of nitrogens with zero attached hydrogens (tertiary/aromatic N) is 2. The normalized spacial score (nSPS) is 24.3. The van der Waals surface area contributed by atoms with Crippen molar-refractivity contribution >= 4 is 5.84 Å². The summed E-state index contributed by atoms with van der Waals surface area (Å²) in [7, 11) is 0. The van der Waals surface area contributed by atoms with Gasteiger partial charge in [0.15, 0.2) is 0 Å². The lowest BCUT2D eigenvalue weighted by Crippen LogP contribution is -2.26. The molecule has 3 nitrogen and oxygen atoms in total. The van der Waals surface area contributed by atoms with Crippen molar-refractivity contribution in [1.82, 2.24) is 4.90 Å². The second-order valence-corrected chi connectivity index (χ2v) is 2.09. The first kappa shape index (κ1) is 7.02. The van der Waals surface area contributed by atoms with E-state index in [-0.39, 0.29) is 6.17 Å². The SMILES string of the molecule is C=CC1=NC(N)CN1C=C. The molecule has 1 aliphatic rings. The fraction of sp³-hybridized carbons (Fsp3) is 0.286. The fourth-order valence-electron chi connectivity index (χ4n) is 0.918. The highest BCUT2D eigenvalue weighted by atomic mass is 15.3. The molecule has 10 heavy (non-hydrogen) atoms. The maximum absolute atomic E-state index is 5.54. The van der Waals surface area contributed by atoms with E-state index in [4.69, 9.17) is 5.73 Å². The number of hydrogen-bond acceptors (Lipinski definition) is 3. The molecule has 0 spiro atoms. The molecule has 0 aromatic carbocycles. The molecule has 0 aromatic rings. The summed E-state index contributed by atoms with van der Waals surface area (Å²) in [5.74, 6) is 0.808. The molecule has 3 heteroatoms. The minimum Gasteiger partial charge on any atom is -0.330 e. The Morgan fingerprint density at radius 3 is 2.80 bits per heavy atom. The van der Waals surface area contributed by atoms with E-state index in [2.05, 4.69) is 18.2 Å². The molecule has 2 N–H and O–H groups in total. The van der Waals surface area contributed by atoms with Crippen LogP contribution in [0, 0.1) is 0 Å². The van der Waals surface area contributed by atoms with Gasteiger partial charge < -0.3 is 10.6 Å². The van der Waals surface area contributed by atoms with Crippen LogP contribution in [0.25, 0.3) is 0 Å². The summed E-state index contributed by atoms with van der Waals surface area (Å²) in [6.45, 7) is 7.93. The van der Waals surface area contributed by atoms with Gasteiger partial charge in [-0.3, -0.25) is 0 Å². The van der Waals surface area contributed by atoms with E-state index in [9.17, 15) is 0 Å². The van der Waals surface area contributed by atoms with E-state index in [1.807, 2.05) is 4.90 Å². The Morgan fingerprint density at radius 1 is 1.70 bits per heavy atom. The van der Waals surface area contributed by atoms with Crippen molar-refractivity contribution in [1.29, 1.82) is 0 Å². The van der Waals surface area contributed by atoms with Gasteiger partial charge in [-0.25, -0.2) is 4.99 Å². The zero-order valence-corrected chi connectivity index (χ0v) is 5.83. The number of nitrogens with two attached hydrogens (primary N) is 1. The molecule has 0 bridgehead atoms. The van der Waals surface area contributed by atoms with Crippen molar-refractivity contribution in [2.24, 2.45) is 10.7 Å². The van der Waals surface area contributed by atoms with Crippen LogP contribution in [0.2, 0.25) is 0 Å².